The van der Waals surface area contributed by atoms with E-state index in [1.54, 1.807) is 0 Å². The molecule has 0 amide bonds. The van der Waals surface area contributed by atoms with Crippen LogP contribution in [-0.4, -0.2) is 54.2 Å². The topological polar surface area (TPSA) is 34.6 Å². The average Bonchev–Trinajstić information content (AvgIpc) is 3.07. The molecule has 0 spiro atoms. The van der Waals surface area contributed by atoms with Crippen LogP contribution in [0.1, 0.15) is 23.1 Å². The Labute approximate surface area is 154 Å². The van der Waals surface area contributed by atoms with Crippen molar-refractivity contribution in [1.82, 2.24) is 20.3 Å². The van der Waals surface area contributed by atoms with Gasteiger partial charge in [0.05, 0.1) is 5.69 Å². The van der Waals surface area contributed by atoms with Gasteiger partial charge in [0.25, 0.3) is 0 Å². The number of rotatable bonds is 5. The van der Waals surface area contributed by atoms with Crippen LogP contribution in [0.15, 0.2) is 30.3 Å². The Kier molecular flexibility index (Phi) is 5.31. The molecule has 25 heavy (non-hydrogen) atoms. The number of piperazine rings is 1. The van der Waals surface area contributed by atoms with E-state index in [-0.39, 0.29) is 0 Å². The zero-order valence-corrected chi connectivity index (χ0v) is 15.8. The second kappa shape index (κ2) is 7.83. The highest BCUT2D eigenvalue weighted by Crippen LogP contribution is 2.31. The Balaban J connectivity index is 1.38. The fraction of sp³-hybridized carbons (Fsp3) is 0.526. The molecule has 0 aliphatic carbocycles. The molecule has 0 saturated carbocycles. The molecule has 2 aliphatic rings. The maximum Gasteiger partial charge on any atom is 0.185 e. The Morgan fingerprint density at radius 3 is 2.64 bits per heavy atom. The molecule has 6 heteroatoms. The smallest absolute Gasteiger partial charge is 0.185 e. The quantitative estimate of drug-likeness (QED) is 0.889. The highest BCUT2D eigenvalue weighted by molar-refractivity contribution is 7.15. The first kappa shape index (κ1) is 17.0. The van der Waals surface area contributed by atoms with Crippen LogP contribution in [0.2, 0.25) is 0 Å². The summed E-state index contributed by atoms with van der Waals surface area (Å²) in [6.45, 7) is 10.6. The van der Waals surface area contributed by atoms with Crippen molar-refractivity contribution in [3.63, 3.8) is 0 Å². The largest absolute Gasteiger partial charge is 0.345 e. The Morgan fingerprint density at radius 2 is 1.88 bits per heavy atom. The third-order valence-electron chi connectivity index (χ3n) is 4.98. The van der Waals surface area contributed by atoms with Gasteiger partial charge in [-0.05, 0) is 5.56 Å². The van der Waals surface area contributed by atoms with Crippen LogP contribution in [0.3, 0.4) is 0 Å². The van der Waals surface area contributed by atoms with Crippen LogP contribution >= 0.6 is 11.3 Å². The lowest BCUT2D eigenvalue weighted by molar-refractivity contribution is 0.181. The van der Waals surface area contributed by atoms with Gasteiger partial charge in [-0.15, -0.1) is 11.3 Å². The summed E-state index contributed by atoms with van der Waals surface area (Å²) in [6, 6.07) is 10.8. The van der Waals surface area contributed by atoms with Crippen LogP contribution in [0.25, 0.3) is 0 Å². The van der Waals surface area contributed by atoms with Crippen LogP contribution < -0.4 is 10.3 Å². The Morgan fingerprint density at radius 1 is 1.08 bits per heavy atom. The number of aromatic nitrogens is 1. The van der Waals surface area contributed by atoms with Crippen molar-refractivity contribution in [3.05, 3.63) is 46.5 Å². The molecule has 4 rings (SSSR count). The predicted octanol–water partition coefficient (Wildman–Crippen LogP) is 2.35. The standard InChI is InChI=1S/C19H27N5S/c1-2-20-24-12-10-23(11-13-24)19-21-17-8-9-22(15-18(17)25-19)14-16-6-4-3-5-7-16/h3-7,20H,2,8-15H2,1H3. The third-order valence-corrected chi connectivity index (χ3v) is 6.12. The first-order valence-electron chi connectivity index (χ1n) is 9.30. The summed E-state index contributed by atoms with van der Waals surface area (Å²) >= 11 is 1.90. The number of nitrogens with one attached hydrogen (secondary N) is 1. The molecule has 3 heterocycles. The monoisotopic (exact) mass is 357 g/mol. The van der Waals surface area contributed by atoms with Gasteiger partial charge in [0.2, 0.25) is 0 Å². The summed E-state index contributed by atoms with van der Waals surface area (Å²) in [5.41, 5.74) is 6.15. The minimum absolute atomic E-state index is 1.00. The lowest BCUT2D eigenvalue weighted by Gasteiger charge is -2.34. The summed E-state index contributed by atoms with van der Waals surface area (Å²) in [6.07, 6.45) is 1.08. The molecule has 1 N–H and O–H groups in total. The Hall–Kier alpha value is -1.47. The van der Waals surface area contributed by atoms with E-state index < -0.39 is 0 Å². The van der Waals surface area contributed by atoms with Gasteiger partial charge in [-0.1, -0.05) is 37.3 Å². The molecule has 2 aliphatic heterocycles. The van der Waals surface area contributed by atoms with E-state index in [0.29, 0.717) is 0 Å². The van der Waals surface area contributed by atoms with E-state index in [0.717, 1.165) is 58.8 Å². The highest BCUT2D eigenvalue weighted by atomic mass is 32.1. The highest BCUT2D eigenvalue weighted by Gasteiger charge is 2.24. The van der Waals surface area contributed by atoms with E-state index in [2.05, 4.69) is 57.5 Å². The van der Waals surface area contributed by atoms with Gasteiger partial charge >= 0.3 is 0 Å². The zero-order valence-electron chi connectivity index (χ0n) is 14.9. The van der Waals surface area contributed by atoms with Crippen LogP contribution in [0.4, 0.5) is 5.13 Å². The minimum Gasteiger partial charge on any atom is -0.345 e. The number of nitrogens with zero attached hydrogens (tertiary/aromatic N) is 4. The number of hydrazine groups is 1. The summed E-state index contributed by atoms with van der Waals surface area (Å²) in [7, 11) is 0. The number of anilines is 1. The van der Waals surface area contributed by atoms with Crippen molar-refractivity contribution in [2.45, 2.75) is 26.4 Å². The summed E-state index contributed by atoms with van der Waals surface area (Å²) in [5, 5.41) is 3.55. The number of thiazole rings is 1. The van der Waals surface area contributed by atoms with E-state index >= 15 is 0 Å². The molecular weight excluding hydrogens is 330 g/mol. The summed E-state index contributed by atoms with van der Waals surface area (Å²) < 4.78 is 0. The van der Waals surface area contributed by atoms with Gasteiger partial charge < -0.3 is 4.90 Å². The van der Waals surface area contributed by atoms with Crippen molar-refractivity contribution in [2.24, 2.45) is 0 Å². The number of benzene rings is 1. The van der Waals surface area contributed by atoms with Crippen molar-refractivity contribution < 1.29 is 0 Å². The van der Waals surface area contributed by atoms with E-state index in [1.807, 2.05) is 11.3 Å². The Bertz CT molecular complexity index is 678. The molecule has 1 saturated heterocycles. The minimum atomic E-state index is 1.00. The molecule has 1 aromatic heterocycles. The van der Waals surface area contributed by atoms with Crippen molar-refractivity contribution in [3.8, 4) is 0 Å². The molecule has 0 radical (unpaired) electrons. The molecule has 0 unspecified atom stereocenters. The summed E-state index contributed by atoms with van der Waals surface area (Å²) in [5.74, 6) is 0. The number of hydrogen-bond donors (Lipinski definition) is 1. The zero-order chi connectivity index (χ0) is 17.1. The lowest BCUT2D eigenvalue weighted by Crippen LogP contribution is -2.51. The van der Waals surface area contributed by atoms with Crippen molar-refractivity contribution >= 4 is 16.5 Å². The van der Waals surface area contributed by atoms with E-state index in [4.69, 9.17) is 4.98 Å². The van der Waals surface area contributed by atoms with Gasteiger partial charge in [-0.3, -0.25) is 10.3 Å². The van der Waals surface area contributed by atoms with Gasteiger partial charge in [0.15, 0.2) is 5.13 Å². The third kappa shape index (κ3) is 4.03. The lowest BCUT2D eigenvalue weighted by atomic mass is 10.1. The van der Waals surface area contributed by atoms with Gasteiger partial charge in [-0.2, -0.15) is 0 Å². The number of fused-ring (bicyclic) bond motifs is 1. The van der Waals surface area contributed by atoms with Crippen LogP contribution in [-0.2, 0) is 19.5 Å². The molecule has 2 aromatic rings. The fourth-order valence-corrected chi connectivity index (χ4v) is 4.83. The van der Waals surface area contributed by atoms with Crippen molar-refractivity contribution in [2.75, 3.05) is 44.2 Å². The first-order chi connectivity index (χ1) is 12.3. The van der Waals surface area contributed by atoms with E-state index in [9.17, 15) is 0 Å². The molecule has 5 nitrogen and oxygen atoms in total. The molecule has 1 fully saturated rings. The van der Waals surface area contributed by atoms with E-state index in [1.165, 1.54) is 21.3 Å². The van der Waals surface area contributed by atoms with Gasteiger partial charge in [0, 0.05) is 63.7 Å². The summed E-state index contributed by atoms with van der Waals surface area (Å²) in [4.78, 5) is 11.4. The maximum atomic E-state index is 4.97. The molecular formula is C19H27N5S. The number of hydrogen-bond acceptors (Lipinski definition) is 6. The fourth-order valence-electron chi connectivity index (χ4n) is 3.63. The van der Waals surface area contributed by atoms with Crippen molar-refractivity contribution in [1.29, 1.82) is 0 Å². The average molecular weight is 358 g/mol. The first-order valence-corrected chi connectivity index (χ1v) is 10.1. The second-order valence-electron chi connectivity index (χ2n) is 6.80. The van der Waals surface area contributed by atoms with Gasteiger partial charge in [-0.25, -0.2) is 9.99 Å². The maximum absolute atomic E-state index is 4.97. The predicted molar refractivity (Wildman–Crippen MR) is 104 cm³/mol. The SMILES string of the molecule is CCNN1CCN(c2nc3c(s2)CN(Cc2ccccc2)CC3)CC1. The molecule has 0 bridgehead atoms. The van der Waals surface area contributed by atoms with Crippen LogP contribution in [0.5, 0.6) is 0 Å². The molecule has 1 aromatic carbocycles. The molecule has 134 valence electrons. The second-order valence-corrected chi connectivity index (χ2v) is 7.86. The normalized spacial score (nSPS) is 19.2. The van der Waals surface area contributed by atoms with Gasteiger partial charge in [0.1, 0.15) is 0 Å². The molecule has 0 atom stereocenters. The van der Waals surface area contributed by atoms with Crippen LogP contribution in [0, 0.1) is 0 Å².